The molecule has 0 bridgehead atoms. The van der Waals surface area contributed by atoms with Crippen molar-refractivity contribution in [1.29, 1.82) is 0 Å². The van der Waals surface area contributed by atoms with Gasteiger partial charge in [0.05, 0.1) is 18.7 Å². The van der Waals surface area contributed by atoms with Crippen molar-refractivity contribution in [3.05, 3.63) is 47.5 Å². The van der Waals surface area contributed by atoms with E-state index in [2.05, 4.69) is 10.4 Å². The molecule has 2 N–H and O–H groups in total. The molecule has 2 rings (SSSR count). The van der Waals surface area contributed by atoms with Crippen LogP contribution in [0.2, 0.25) is 0 Å². The van der Waals surface area contributed by atoms with E-state index in [1.165, 1.54) is 29.1 Å². The van der Waals surface area contributed by atoms with Crippen LogP contribution in [0, 0.1) is 12.7 Å². The fourth-order valence-corrected chi connectivity index (χ4v) is 1.74. The topological polar surface area (TPSA) is 84.2 Å². The van der Waals surface area contributed by atoms with Crippen LogP contribution in [0.4, 0.5) is 10.1 Å². The molecule has 1 aromatic heterocycles. The van der Waals surface area contributed by atoms with Crippen LogP contribution >= 0.6 is 0 Å². The van der Waals surface area contributed by atoms with Gasteiger partial charge in [-0.3, -0.25) is 14.3 Å². The molecule has 1 amide bonds. The summed E-state index contributed by atoms with van der Waals surface area (Å²) in [5.74, 6) is -2.02. The number of nitrogens with one attached hydrogen (secondary N) is 1. The number of anilines is 1. The minimum Gasteiger partial charge on any atom is -0.481 e. The number of hydrogen-bond acceptors (Lipinski definition) is 3. The highest BCUT2D eigenvalue weighted by atomic mass is 19.1. The Kier molecular flexibility index (Phi) is 4.32. The number of carboxylic acid groups (broad SMARTS) is 1. The number of benzene rings is 1. The first kappa shape index (κ1) is 14.7. The Balaban J connectivity index is 2.06. The van der Waals surface area contributed by atoms with Crippen LogP contribution in [0.25, 0.3) is 0 Å². The number of aromatic nitrogens is 2. The molecule has 2 aromatic rings. The molecule has 0 unspecified atom stereocenters. The van der Waals surface area contributed by atoms with Crippen LogP contribution in [0.1, 0.15) is 22.5 Å². The maximum absolute atomic E-state index is 13.6. The quantitative estimate of drug-likeness (QED) is 0.883. The molecule has 0 fully saturated rings. The lowest BCUT2D eigenvalue weighted by molar-refractivity contribution is -0.137. The van der Waals surface area contributed by atoms with Crippen LogP contribution in [-0.2, 0) is 11.3 Å². The van der Waals surface area contributed by atoms with E-state index in [0.29, 0.717) is 0 Å². The van der Waals surface area contributed by atoms with E-state index in [-0.39, 0.29) is 24.3 Å². The van der Waals surface area contributed by atoms with Gasteiger partial charge in [0.2, 0.25) is 0 Å². The van der Waals surface area contributed by atoms with Crippen LogP contribution < -0.4 is 5.32 Å². The molecule has 0 aliphatic rings. The summed E-state index contributed by atoms with van der Waals surface area (Å²) in [4.78, 5) is 22.4. The molecule has 0 saturated carbocycles. The molecule has 110 valence electrons. The summed E-state index contributed by atoms with van der Waals surface area (Å²) in [5, 5.41) is 15.0. The predicted octanol–water partition coefficient (Wildman–Crippen LogP) is 2.06. The van der Waals surface area contributed by atoms with Gasteiger partial charge in [-0.1, -0.05) is 6.07 Å². The minimum absolute atomic E-state index is 0.0834. The minimum atomic E-state index is -0.946. The molecular weight excluding hydrogens is 277 g/mol. The second-order valence-electron chi connectivity index (χ2n) is 4.55. The largest absolute Gasteiger partial charge is 0.481 e. The second-order valence-corrected chi connectivity index (χ2v) is 4.55. The highest BCUT2D eigenvalue weighted by Crippen LogP contribution is 2.16. The van der Waals surface area contributed by atoms with Gasteiger partial charge in [0.25, 0.3) is 5.91 Å². The molecule has 0 radical (unpaired) electrons. The maximum Gasteiger partial charge on any atom is 0.305 e. The van der Waals surface area contributed by atoms with Crippen molar-refractivity contribution in [2.75, 3.05) is 5.32 Å². The van der Waals surface area contributed by atoms with Gasteiger partial charge in [0.15, 0.2) is 5.69 Å². The van der Waals surface area contributed by atoms with E-state index in [1.807, 2.05) is 0 Å². The number of nitrogens with zero attached hydrogens (tertiary/aromatic N) is 2. The van der Waals surface area contributed by atoms with Gasteiger partial charge in [-0.05, 0) is 30.7 Å². The van der Waals surface area contributed by atoms with Crippen molar-refractivity contribution in [2.45, 2.75) is 19.9 Å². The zero-order chi connectivity index (χ0) is 15.4. The normalized spacial score (nSPS) is 10.4. The number of halogens is 1. The Bertz CT molecular complexity index is 682. The lowest BCUT2D eigenvalue weighted by Crippen LogP contribution is -2.15. The fourth-order valence-electron chi connectivity index (χ4n) is 1.74. The standard InChI is InChI=1S/C14H14FN3O3/c1-9-2-3-10(15)12(8-9)16-14(21)11-4-6-18(17-11)7-5-13(19)20/h2-4,6,8H,5,7H2,1H3,(H,16,21)(H,19,20). The van der Waals surface area contributed by atoms with Gasteiger partial charge in [-0.25, -0.2) is 4.39 Å². The Morgan fingerprint density at radius 2 is 2.14 bits per heavy atom. The van der Waals surface area contributed by atoms with Gasteiger partial charge in [0, 0.05) is 6.20 Å². The first-order valence-electron chi connectivity index (χ1n) is 6.28. The third-order valence-corrected chi connectivity index (χ3v) is 2.80. The van der Waals surface area contributed by atoms with Crippen molar-refractivity contribution in [1.82, 2.24) is 9.78 Å². The molecule has 1 aromatic carbocycles. The van der Waals surface area contributed by atoms with E-state index < -0.39 is 17.7 Å². The average Bonchev–Trinajstić information content (AvgIpc) is 2.89. The smallest absolute Gasteiger partial charge is 0.305 e. The summed E-state index contributed by atoms with van der Waals surface area (Å²) in [6, 6.07) is 5.85. The number of rotatable bonds is 5. The summed E-state index contributed by atoms with van der Waals surface area (Å²) in [6.07, 6.45) is 1.42. The lowest BCUT2D eigenvalue weighted by Gasteiger charge is -2.05. The van der Waals surface area contributed by atoms with Crippen LogP contribution in [0.5, 0.6) is 0 Å². The summed E-state index contributed by atoms with van der Waals surface area (Å²) in [6.45, 7) is 1.96. The fraction of sp³-hybridized carbons (Fsp3) is 0.214. The third-order valence-electron chi connectivity index (χ3n) is 2.80. The molecule has 0 spiro atoms. The van der Waals surface area contributed by atoms with Crippen molar-refractivity contribution in [2.24, 2.45) is 0 Å². The van der Waals surface area contributed by atoms with Gasteiger partial charge in [-0.2, -0.15) is 5.10 Å². The molecule has 21 heavy (non-hydrogen) atoms. The monoisotopic (exact) mass is 291 g/mol. The molecule has 6 nitrogen and oxygen atoms in total. The van der Waals surface area contributed by atoms with E-state index in [1.54, 1.807) is 13.0 Å². The Hall–Kier alpha value is -2.70. The highest BCUT2D eigenvalue weighted by molar-refractivity contribution is 6.02. The predicted molar refractivity (Wildman–Crippen MR) is 73.6 cm³/mol. The first-order valence-corrected chi connectivity index (χ1v) is 6.28. The van der Waals surface area contributed by atoms with Gasteiger partial charge in [-0.15, -0.1) is 0 Å². The van der Waals surface area contributed by atoms with Gasteiger partial charge >= 0.3 is 5.97 Å². The Morgan fingerprint density at radius 1 is 1.38 bits per heavy atom. The number of carbonyl (C=O) groups excluding carboxylic acids is 1. The van der Waals surface area contributed by atoms with Crippen molar-refractivity contribution < 1.29 is 19.1 Å². The van der Waals surface area contributed by atoms with Crippen LogP contribution in [0.15, 0.2) is 30.5 Å². The van der Waals surface area contributed by atoms with Crippen LogP contribution in [0.3, 0.4) is 0 Å². The number of aryl methyl sites for hydroxylation is 2. The maximum atomic E-state index is 13.6. The Labute approximate surface area is 120 Å². The number of hydrogen-bond donors (Lipinski definition) is 2. The molecule has 0 aliphatic carbocycles. The summed E-state index contributed by atoms with van der Waals surface area (Å²) < 4.78 is 14.9. The van der Waals surface area contributed by atoms with Crippen molar-refractivity contribution in [3.8, 4) is 0 Å². The number of amides is 1. The van der Waals surface area contributed by atoms with Crippen LogP contribution in [-0.4, -0.2) is 26.8 Å². The molecule has 7 heteroatoms. The van der Waals surface area contributed by atoms with Gasteiger partial charge < -0.3 is 10.4 Å². The average molecular weight is 291 g/mol. The van der Waals surface area contributed by atoms with E-state index in [0.717, 1.165) is 5.56 Å². The Morgan fingerprint density at radius 3 is 2.86 bits per heavy atom. The molecule has 0 atom stereocenters. The summed E-state index contributed by atoms with van der Waals surface area (Å²) in [5.41, 5.74) is 1.00. The van der Waals surface area contributed by atoms with Crippen molar-refractivity contribution >= 4 is 17.6 Å². The van der Waals surface area contributed by atoms with Gasteiger partial charge in [0.1, 0.15) is 5.82 Å². The molecule has 0 saturated heterocycles. The zero-order valence-electron chi connectivity index (χ0n) is 11.3. The summed E-state index contributed by atoms with van der Waals surface area (Å²) >= 11 is 0. The third kappa shape index (κ3) is 3.88. The molecular formula is C14H14FN3O3. The first-order chi connectivity index (χ1) is 9.95. The highest BCUT2D eigenvalue weighted by Gasteiger charge is 2.12. The zero-order valence-corrected chi connectivity index (χ0v) is 11.3. The number of carbonyl (C=O) groups is 2. The SMILES string of the molecule is Cc1ccc(F)c(NC(=O)c2ccn(CCC(=O)O)n2)c1. The van der Waals surface area contributed by atoms with E-state index in [4.69, 9.17) is 5.11 Å². The van der Waals surface area contributed by atoms with E-state index in [9.17, 15) is 14.0 Å². The molecule has 0 aliphatic heterocycles. The second kappa shape index (κ2) is 6.17. The summed E-state index contributed by atoms with van der Waals surface area (Å²) in [7, 11) is 0. The molecule has 1 heterocycles. The van der Waals surface area contributed by atoms with E-state index >= 15 is 0 Å². The lowest BCUT2D eigenvalue weighted by atomic mass is 10.2. The van der Waals surface area contributed by atoms with Crippen molar-refractivity contribution in [3.63, 3.8) is 0 Å². The number of aliphatic carboxylic acids is 1. The number of carboxylic acids is 1.